The fraction of sp³-hybridized carbons (Fsp3) is 0.160. The molecule has 10 heteroatoms. The second-order valence-electron chi connectivity index (χ2n) is 8.34. The van der Waals surface area contributed by atoms with E-state index in [4.69, 9.17) is 0 Å². The first-order valence-corrected chi connectivity index (χ1v) is 11.0. The predicted molar refractivity (Wildman–Crippen MR) is 129 cm³/mol. The molecule has 4 heterocycles. The van der Waals surface area contributed by atoms with E-state index in [0.717, 1.165) is 0 Å². The van der Waals surface area contributed by atoms with Crippen LogP contribution in [0.15, 0.2) is 61.4 Å². The maximum Gasteiger partial charge on any atom is 0.238 e. The number of carbonyl (C=O) groups is 2. The number of ketones is 1. The van der Waals surface area contributed by atoms with Crippen LogP contribution in [0.1, 0.15) is 41.5 Å². The van der Waals surface area contributed by atoms with Crippen LogP contribution in [0.5, 0.6) is 5.88 Å². The number of carbonyl (C=O) groups excluding carboxylic acids is 2. The van der Waals surface area contributed by atoms with Crippen LogP contribution in [0, 0.1) is 0 Å². The van der Waals surface area contributed by atoms with Gasteiger partial charge in [0.1, 0.15) is 12.0 Å². The first-order valence-electron chi connectivity index (χ1n) is 11.0. The third kappa shape index (κ3) is 4.17. The summed E-state index contributed by atoms with van der Waals surface area (Å²) in [6, 6.07) is 8.73. The summed E-state index contributed by atoms with van der Waals surface area (Å²) in [5.41, 5.74) is 2.27. The fourth-order valence-electron chi connectivity index (χ4n) is 3.98. The van der Waals surface area contributed by atoms with E-state index < -0.39 is 0 Å². The smallest absolute Gasteiger partial charge is 0.238 e. The third-order valence-corrected chi connectivity index (χ3v) is 5.65. The van der Waals surface area contributed by atoms with Crippen LogP contribution in [0.3, 0.4) is 0 Å². The van der Waals surface area contributed by atoms with Crippen molar-refractivity contribution in [3.63, 3.8) is 0 Å². The Morgan fingerprint density at radius 1 is 1.03 bits per heavy atom. The SMILES string of the molecule is CC(C)n1cc(C(=O)c2cncc(NC(=O)Cc3nnc(O)c4ccccc34)c2)c2cncnc21. The number of fused-ring (bicyclic) bond motifs is 2. The van der Waals surface area contributed by atoms with Crippen molar-refractivity contribution < 1.29 is 14.7 Å². The summed E-state index contributed by atoms with van der Waals surface area (Å²) in [4.78, 5) is 38.6. The van der Waals surface area contributed by atoms with Gasteiger partial charge in [0.05, 0.1) is 29.6 Å². The quantitative estimate of drug-likeness (QED) is 0.362. The lowest BCUT2D eigenvalue weighted by Crippen LogP contribution is -2.16. The van der Waals surface area contributed by atoms with E-state index in [1.54, 1.807) is 42.7 Å². The molecule has 0 saturated heterocycles. The van der Waals surface area contributed by atoms with Crippen molar-refractivity contribution in [2.75, 3.05) is 5.32 Å². The minimum absolute atomic E-state index is 0.0643. The number of nitrogens with zero attached hydrogens (tertiary/aromatic N) is 6. The lowest BCUT2D eigenvalue weighted by molar-refractivity contribution is -0.115. The summed E-state index contributed by atoms with van der Waals surface area (Å²) in [5.74, 6) is -0.793. The summed E-state index contributed by atoms with van der Waals surface area (Å²) in [7, 11) is 0. The molecule has 35 heavy (non-hydrogen) atoms. The van der Waals surface area contributed by atoms with E-state index in [9.17, 15) is 14.7 Å². The van der Waals surface area contributed by atoms with Gasteiger partial charge in [0.15, 0.2) is 5.78 Å². The number of hydrogen-bond acceptors (Lipinski definition) is 8. The number of rotatable bonds is 6. The summed E-state index contributed by atoms with van der Waals surface area (Å²) in [6.07, 6.45) is 7.71. The normalized spacial score (nSPS) is 11.3. The van der Waals surface area contributed by atoms with Crippen molar-refractivity contribution in [1.82, 2.24) is 29.7 Å². The van der Waals surface area contributed by atoms with Crippen LogP contribution in [0.4, 0.5) is 5.69 Å². The Kier molecular flexibility index (Phi) is 5.61. The van der Waals surface area contributed by atoms with Gasteiger partial charge in [-0.1, -0.05) is 18.2 Å². The van der Waals surface area contributed by atoms with Crippen molar-refractivity contribution in [3.8, 4) is 5.88 Å². The molecule has 1 aromatic carbocycles. The standard InChI is InChI=1S/C25H21N7O3/c1-14(2)32-12-20(19-11-27-13-28-24(19)32)23(34)15-7-16(10-26-9-15)29-22(33)8-21-17-5-3-4-6-18(17)25(35)31-30-21/h3-7,9-14H,8H2,1-2H3,(H,29,33)(H,31,35). The number of nitrogens with one attached hydrogen (secondary N) is 1. The number of amides is 1. The van der Waals surface area contributed by atoms with Crippen LogP contribution < -0.4 is 5.32 Å². The molecule has 0 atom stereocenters. The van der Waals surface area contributed by atoms with Crippen LogP contribution >= 0.6 is 0 Å². The second-order valence-corrected chi connectivity index (χ2v) is 8.34. The largest absolute Gasteiger partial charge is 0.492 e. The van der Waals surface area contributed by atoms with Gasteiger partial charge in [-0.15, -0.1) is 5.10 Å². The molecule has 1 amide bonds. The molecule has 10 nitrogen and oxygen atoms in total. The Labute approximate surface area is 199 Å². The van der Waals surface area contributed by atoms with E-state index in [1.807, 2.05) is 18.4 Å². The van der Waals surface area contributed by atoms with Crippen molar-refractivity contribution >= 4 is 39.2 Å². The highest BCUT2D eigenvalue weighted by Gasteiger charge is 2.20. The van der Waals surface area contributed by atoms with E-state index >= 15 is 0 Å². The Morgan fingerprint density at radius 2 is 1.83 bits per heavy atom. The van der Waals surface area contributed by atoms with Gasteiger partial charge in [-0.05, 0) is 26.0 Å². The highest BCUT2D eigenvalue weighted by atomic mass is 16.3. The molecule has 0 aliphatic carbocycles. The zero-order chi connectivity index (χ0) is 24.5. The lowest BCUT2D eigenvalue weighted by Gasteiger charge is -2.08. The molecule has 0 bridgehead atoms. The van der Waals surface area contributed by atoms with Gasteiger partial charge in [0, 0.05) is 46.4 Å². The first kappa shape index (κ1) is 22.1. The molecule has 0 radical (unpaired) electrons. The highest BCUT2D eigenvalue weighted by molar-refractivity contribution is 6.16. The molecule has 0 fully saturated rings. The van der Waals surface area contributed by atoms with Gasteiger partial charge < -0.3 is 15.0 Å². The fourth-order valence-corrected chi connectivity index (χ4v) is 3.98. The molecule has 0 spiro atoms. The number of aromatic nitrogens is 6. The van der Waals surface area contributed by atoms with Gasteiger partial charge in [0.25, 0.3) is 0 Å². The monoisotopic (exact) mass is 467 g/mol. The maximum absolute atomic E-state index is 13.3. The first-order chi connectivity index (χ1) is 16.9. The molecular formula is C25H21N7O3. The van der Waals surface area contributed by atoms with E-state index in [1.165, 1.54) is 18.7 Å². The zero-order valence-corrected chi connectivity index (χ0v) is 19.0. The molecule has 0 aliphatic heterocycles. The predicted octanol–water partition coefficient (Wildman–Crippen LogP) is 3.47. The summed E-state index contributed by atoms with van der Waals surface area (Å²) in [6.45, 7) is 4.02. The van der Waals surface area contributed by atoms with Gasteiger partial charge >= 0.3 is 0 Å². The Hall–Kier alpha value is -4.73. The minimum Gasteiger partial charge on any atom is -0.492 e. The van der Waals surface area contributed by atoms with Gasteiger partial charge in [-0.2, -0.15) is 5.10 Å². The number of pyridine rings is 1. The van der Waals surface area contributed by atoms with Crippen LogP contribution in [0.25, 0.3) is 21.8 Å². The van der Waals surface area contributed by atoms with Crippen molar-refractivity contribution in [2.24, 2.45) is 0 Å². The van der Waals surface area contributed by atoms with Crippen molar-refractivity contribution in [2.45, 2.75) is 26.3 Å². The molecular weight excluding hydrogens is 446 g/mol. The van der Waals surface area contributed by atoms with Crippen LogP contribution in [-0.4, -0.2) is 46.5 Å². The topological polar surface area (TPSA) is 136 Å². The lowest BCUT2D eigenvalue weighted by atomic mass is 10.1. The Morgan fingerprint density at radius 3 is 2.63 bits per heavy atom. The van der Waals surface area contributed by atoms with Crippen molar-refractivity contribution in [1.29, 1.82) is 0 Å². The molecule has 5 aromatic rings. The molecule has 174 valence electrons. The molecule has 0 saturated carbocycles. The summed E-state index contributed by atoms with van der Waals surface area (Å²) >= 11 is 0. The van der Waals surface area contributed by atoms with E-state index in [2.05, 4.69) is 30.5 Å². The van der Waals surface area contributed by atoms with Gasteiger partial charge in [-0.25, -0.2) is 9.97 Å². The summed E-state index contributed by atoms with van der Waals surface area (Å²) < 4.78 is 1.92. The average molecular weight is 467 g/mol. The number of benzene rings is 1. The third-order valence-electron chi connectivity index (χ3n) is 5.65. The minimum atomic E-state index is -0.355. The number of hydrogen-bond donors (Lipinski definition) is 2. The number of aromatic hydroxyl groups is 1. The highest BCUT2D eigenvalue weighted by Crippen LogP contribution is 2.26. The second kappa shape index (κ2) is 8.90. The molecule has 4 aromatic heterocycles. The average Bonchev–Trinajstić information content (AvgIpc) is 3.26. The van der Waals surface area contributed by atoms with E-state index in [0.29, 0.717) is 44.3 Å². The van der Waals surface area contributed by atoms with Crippen molar-refractivity contribution in [3.05, 3.63) is 78.3 Å². The van der Waals surface area contributed by atoms with E-state index in [-0.39, 0.29) is 30.0 Å². The summed E-state index contributed by atoms with van der Waals surface area (Å²) in [5, 5.41) is 22.2. The van der Waals surface area contributed by atoms with Crippen LogP contribution in [-0.2, 0) is 11.2 Å². The number of anilines is 1. The maximum atomic E-state index is 13.3. The molecule has 0 aliphatic rings. The van der Waals surface area contributed by atoms with Crippen LogP contribution in [0.2, 0.25) is 0 Å². The Bertz CT molecular complexity index is 1590. The zero-order valence-electron chi connectivity index (χ0n) is 19.0. The molecule has 2 N–H and O–H groups in total. The van der Waals surface area contributed by atoms with Gasteiger partial charge in [-0.3, -0.25) is 14.6 Å². The molecule has 0 unspecified atom stereocenters. The van der Waals surface area contributed by atoms with Gasteiger partial charge in [0.2, 0.25) is 11.8 Å². The Balaban J connectivity index is 1.40. The molecule has 5 rings (SSSR count).